The monoisotopic (exact) mass is 384 g/mol. The van der Waals surface area contributed by atoms with Crippen molar-refractivity contribution in [1.29, 1.82) is 0 Å². The standard InChI is InChI=1S/C21H24N2O3S/c1-15-12-16(2)14-18(13-15)22-21(27)23-19(24)8-9-20(25)26-11-10-17-6-4-3-5-7-17/h3-7,12-14H,8-11H2,1-2H3,(H2,22,23,24,27). The molecule has 0 heterocycles. The molecule has 2 aromatic rings. The Morgan fingerprint density at radius 1 is 1.00 bits per heavy atom. The van der Waals surface area contributed by atoms with Crippen LogP contribution in [0, 0.1) is 13.8 Å². The Hall–Kier alpha value is -2.73. The highest BCUT2D eigenvalue weighted by Gasteiger charge is 2.10. The van der Waals surface area contributed by atoms with Crippen molar-refractivity contribution in [2.75, 3.05) is 11.9 Å². The van der Waals surface area contributed by atoms with Gasteiger partial charge >= 0.3 is 5.97 Å². The number of carbonyl (C=O) groups is 2. The van der Waals surface area contributed by atoms with Gasteiger partial charge in [-0.1, -0.05) is 36.4 Å². The maximum Gasteiger partial charge on any atom is 0.306 e. The lowest BCUT2D eigenvalue weighted by atomic mass is 10.1. The van der Waals surface area contributed by atoms with Crippen molar-refractivity contribution in [2.45, 2.75) is 33.1 Å². The Labute approximate surface area is 165 Å². The van der Waals surface area contributed by atoms with E-state index in [1.807, 2.05) is 56.3 Å². The average molecular weight is 385 g/mol. The van der Waals surface area contributed by atoms with Crippen LogP contribution in [-0.2, 0) is 20.7 Å². The molecule has 0 unspecified atom stereocenters. The van der Waals surface area contributed by atoms with Crippen molar-refractivity contribution in [3.05, 3.63) is 65.2 Å². The third kappa shape index (κ3) is 8.00. The van der Waals surface area contributed by atoms with Gasteiger partial charge < -0.3 is 15.4 Å². The minimum Gasteiger partial charge on any atom is -0.465 e. The molecule has 2 rings (SSSR count). The summed E-state index contributed by atoms with van der Waals surface area (Å²) in [5.41, 5.74) is 4.12. The molecule has 0 aliphatic rings. The average Bonchev–Trinajstić information content (AvgIpc) is 2.60. The molecule has 0 saturated carbocycles. The van der Waals surface area contributed by atoms with Crippen LogP contribution in [0.3, 0.4) is 0 Å². The Kier molecular flexibility index (Phi) is 7.95. The summed E-state index contributed by atoms with van der Waals surface area (Å²) in [6.45, 7) is 4.28. The van der Waals surface area contributed by atoms with Crippen molar-refractivity contribution in [2.24, 2.45) is 0 Å². The summed E-state index contributed by atoms with van der Waals surface area (Å²) in [7, 11) is 0. The number of hydrogen-bond acceptors (Lipinski definition) is 4. The summed E-state index contributed by atoms with van der Waals surface area (Å²) in [6.07, 6.45) is 0.703. The van der Waals surface area contributed by atoms with Gasteiger partial charge in [-0.05, 0) is 54.9 Å². The summed E-state index contributed by atoms with van der Waals surface area (Å²) in [4.78, 5) is 23.7. The molecule has 6 heteroatoms. The first-order valence-electron chi connectivity index (χ1n) is 8.81. The molecule has 27 heavy (non-hydrogen) atoms. The van der Waals surface area contributed by atoms with E-state index in [9.17, 15) is 9.59 Å². The van der Waals surface area contributed by atoms with Gasteiger partial charge in [-0.2, -0.15) is 0 Å². The van der Waals surface area contributed by atoms with Crippen molar-refractivity contribution in [3.8, 4) is 0 Å². The van der Waals surface area contributed by atoms with Gasteiger partial charge in [0.1, 0.15) is 0 Å². The number of benzene rings is 2. The van der Waals surface area contributed by atoms with E-state index in [-0.39, 0.29) is 23.9 Å². The van der Waals surface area contributed by atoms with E-state index in [2.05, 4.69) is 16.7 Å². The SMILES string of the molecule is Cc1cc(C)cc(NC(=S)NC(=O)CCC(=O)OCCc2ccccc2)c1. The topological polar surface area (TPSA) is 67.4 Å². The quantitative estimate of drug-likeness (QED) is 0.563. The second-order valence-electron chi connectivity index (χ2n) is 6.33. The molecule has 142 valence electrons. The Bertz CT molecular complexity index is 786. The number of nitrogens with one attached hydrogen (secondary N) is 2. The molecule has 0 atom stereocenters. The zero-order chi connectivity index (χ0) is 19.6. The highest BCUT2D eigenvalue weighted by atomic mass is 32.1. The minimum absolute atomic E-state index is 0.0206. The Morgan fingerprint density at radius 2 is 1.67 bits per heavy atom. The molecular formula is C21H24N2O3S. The third-order valence-electron chi connectivity index (χ3n) is 3.79. The van der Waals surface area contributed by atoms with Crippen LogP contribution in [0.5, 0.6) is 0 Å². The highest BCUT2D eigenvalue weighted by Crippen LogP contribution is 2.13. The zero-order valence-electron chi connectivity index (χ0n) is 15.6. The normalized spacial score (nSPS) is 10.1. The largest absolute Gasteiger partial charge is 0.465 e. The van der Waals surface area contributed by atoms with E-state index >= 15 is 0 Å². The van der Waals surface area contributed by atoms with Gasteiger partial charge in [-0.15, -0.1) is 0 Å². The molecule has 5 nitrogen and oxygen atoms in total. The number of rotatable bonds is 7. The maximum atomic E-state index is 11.9. The molecule has 0 spiro atoms. The first-order valence-corrected chi connectivity index (χ1v) is 9.22. The van der Waals surface area contributed by atoms with Crippen LogP contribution < -0.4 is 10.6 Å². The van der Waals surface area contributed by atoms with Gasteiger partial charge in [-0.25, -0.2) is 0 Å². The van der Waals surface area contributed by atoms with Gasteiger partial charge in [0, 0.05) is 18.5 Å². The fraction of sp³-hybridized carbons (Fsp3) is 0.286. The van der Waals surface area contributed by atoms with Crippen LogP contribution in [-0.4, -0.2) is 23.6 Å². The molecule has 0 aliphatic carbocycles. The summed E-state index contributed by atoms with van der Waals surface area (Å²) >= 11 is 5.14. The van der Waals surface area contributed by atoms with E-state index in [0.717, 1.165) is 22.4 Å². The van der Waals surface area contributed by atoms with Crippen LogP contribution in [0.2, 0.25) is 0 Å². The number of thiocarbonyl (C=S) groups is 1. The van der Waals surface area contributed by atoms with E-state index in [1.54, 1.807) is 0 Å². The smallest absolute Gasteiger partial charge is 0.306 e. The lowest BCUT2D eigenvalue weighted by Crippen LogP contribution is -2.34. The number of ether oxygens (including phenoxy) is 1. The lowest BCUT2D eigenvalue weighted by Gasteiger charge is -2.11. The van der Waals surface area contributed by atoms with Crippen LogP contribution in [0.15, 0.2) is 48.5 Å². The van der Waals surface area contributed by atoms with E-state index < -0.39 is 5.97 Å². The number of anilines is 1. The molecule has 0 aliphatic heterocycles. The molecule has 0 aromatic heterocycles. The lowest BCUT2D eigenvalue weighted by molar-refractivity contribution is -0.144. The predicted octanol–water partition coefficient (Wildman–Crippen LogP) is 3.68. The first kappa shape index (κ1) is 20.6. The minimum atomic E-state index is -0.394. The maximum absolute atomic E-state index is 11.9. The molecule has 0 fully saturated rings. The second kappa shape index (κ2) is 10.4. The van der Waals surface area contributed by atoms with Gasteiger partial charge in [0.25, 0.3) is 0 Å². The Morgan fingerprint density at radius 3 is 2.33 bits per heavy atom. The van der Waals surface area contributed by atoms with E-state index in [0.29, 0.717) is 13.0 Å². The fourth-order valence-corrected chi connectivity index (χ4v) is 2.85. The summed E-state index contributed by atoms with van der Waals surface area (Å²) in [5, 5.41) is 5.77. The highest BCUT2D eigenvalue weighted by molar-refractivity contribution is 7.80. The van der Waals surface area contributed by atoms with Crippen molar-refractivity contribution >= 4 is 34.9 Å². The number of aryl methyl sites for hydroxylation is 2. The number of hydrogen-bond donors (Lipinski definition) is 2. The van der Waals surface area contributed by atoms with Crippen LogP contribution >= 0.6 is 12.2 Å². The summed E-state index contributed by atoms with van der Waals surface area (Å²) in [5.74, 6) is -0.717. The van der Waals surface area contributed by atoms with Crippen LogP contribution in [0.4, 0.5) is 5.69 Å². The van der Waals surface area contributed by atoms with Gasteiger partial charge in [0.05, 0.1) is 13.0 Å². The van der Waals surface area contributed by atoms with Crippen LogP contribution in [0.1, 0.15) is 29.5 Å². The van der Waals surface area contributed by atoms with Gasteiger partial charge in [-0.3, -0.25) is 9.59 Å². The van der Waals surface area contributed by atoms with Gasteiger partial charge in [0.2, 0.25) is 5.91 Å². The first-order chi connectivity index (χ1) is 12.9. The fourth-order valence-electron chi connectivity index (χ4n) is 2.61. The summed E-state index contributed by atoms with van der Waals surface area (Å²) < 4.78 is 5.16. The number of amides is 1. The number of carbonyl (C=O) groups excluding carboxylic acids is 2. The van der Waals surface area contributed by atoms with Crippen molar-refractivity contribution < 1.29 is 14.3 Å². The van der Waals surface area contributed by atoms with E-state index in [4.69, 9.17) is 17.0 Å². The molecule has 2 N–H and O–H groups in total. The number of esters is 1. The molecule has 2 aromatic carbocycles. The Balaban J connectivity index is 1.65. The van der Waals surface area contributed by atoms with Crippen molar-refractivity contribution in [3.63, 3.8) is 0 Å². The summed E-state index contributed by atoms with van der Waals surface area (Å²) in [6, 6.07) is 15.7. The second-order valence-corrected chi connectivity index (χ2v) is 6.74. The molecular weight excluding hydrogens is 360 g/mol. The van der Waals surface area contributed by atoms with Crippen LogP contribution in [0.25, 0.3) is 0 Å². The molecule has 0 bridgehead atoms. The van der Waals surface area contributed by atoms with E-state index in [1.165, 1.54) is 0 Å². The molecule has 1 amide bonds. The molecule has 0 radical (unpaired) electrons. The predicted molar refractivity (Wildman–Crippen MR) is 111 cm³/mol. The zero-order valence-corrected chi connectivity index (χ0v) is 16.4. The molecule has 0 saturated heterocycles. The van der Waals surface area contributed by atoms with Gasteiger partial charge in [0.15, 0.2) is 5.11 Å². The third-order valence-corrected chi connectivity index (χ3v) is 3.99. The van der Waals surface area contributed by atoms with Crippen molar-refractivity contribution in [1.82, 2.24) is 5.32 Å².